The highest BCUT2D eigenvalue weighted by Crippen LogP contribution is 2.44. The number of esters is 1. The second-order valence-corrected chi connectivity index (χ2v) is 12.8. The molecule has 13 heteroatoms. The SMILES string of the molecule is CC(C)(C)OC(=O)[C@H](CO[C@H]1O[C@H]2COC(c3ccccc3)O[C@@H]2[C@H](O)[C@@H]1N=[N+]=[N-])NC(=O)OCC1c2ccccc2-c2ccccc21. The lowest BCUT2D eigenvalue weighted by atomic mass is 9.96. The molecule has 3 aliphatic rings. The molecule has 2 heterocycles. The summed E-state index contributed by atoms with van der Waals surface area (Å²) in [7, 11) is 0. The van der Waals surface area contributed by atoms with E-state index in [9.17, 15) is 20.2 Å². The van der Waals surface area contributed by atoms with Gasteiger partial charge in [0.05, 0.1) is 19.3 Å². The molecular weight excluding hydrogens is 620 g/mol. The van der Waals surface area contributed by atoms with E-state index in [1.807, 2.05) is 78.9 Å². The van der Waals surface area contributed by atoms with Crippen LogP contribution in [0.15, 0.2) is 84.0 Å². The van der Waals surface area contributed by atoms with Gasteiger partial charge in [-0.3, -0.25) is 0 Å². The quantitative estimate of drug-likeness (QED) is 0.137. The van der Waals surface area contributed by atoms with E-state index in [-0.39, 0.29) is 19.1 Å². The zero-order valence-corrected chi connectivity index (χ0v) is 26.8. The maximum Gasteiger partial charge on any atom is 0.407 e. The first-order valence-electron chi connectivity index (χ1n) is 15.8. The van der Waals surface area contributed by atoms with Gasteiger partial charge in [-0.1, -0.05) is 84.0 Å². The molecule has 0 bridgehead atoms. The number of hydrogen-bond acceptors (Lipinski definition) is 10. The maximum absolute atomic E-state index is 13.2. The van der Waals surface area contributed by atoms with Crippen molar-refractivity contribution < 1.29 is 43.1 Å². The van der Waals surface area contributed by atoms with Crippen molar-refractivity contribution in [2.45, 2.75) is 75.3 Å². The molecule has 2 N–H and O–H groups in total. The number of benzene rings is 3. The van der Waals surface area contributed by atoms with E-state index in [1.54, 1.807) is 20.8 Å². The molecule has 2 fully saturated rings. The summed E-state index contributed by atoms with van der Waals surface area (Å²) >= 11 is 0. The molecule has 2 saturated heterocycles. The van der Waals surface area contributed by atoms with Crippen LogP contribution in [0.25, 0.3) is 21.6 Å². The zero-order valence-electron chi connectivity index (χ0n) is 26.8. The summed E-state index contributed by atoms with van der Waals surface area (Å²) in [6.07, 6.45) is -5.90. The van der Waals surface area contributed by atoms with Crippen LogP contribution < -0.4 is 5.32 Å². The van der Waals surface area contributed by atoms with E-state index in [4.69, 9.17) is 28.4 Å². The van der Waals surface area contributed by atoms with Gasteiger partial charge in [0.25, 0.3) is 0 Å². The summed E-state index contributed by atoms with van der Waals surface area (Å²) in [5.74, 6) is -0.962. The Labute approximate surface area is 277 Å². The summed E-state index contributed by atoms with van der Waals surface area (Å²) in [5, 5.41) is 17.5. The van der Waals surface area contributed by atoms with Gasteiger partial charge in [0.1, 0.15) is 30.5 Å². The number of ether oxygens (including phenoxy) is 6. The van der Waals surface area contributed by atoms with Crippen LogP contribution in [-0.2, 0) is 33.2 Å². The fraction of sp³-hybridized carbons (Fsp3) is 0.429. The molecule has 0 saturated carbocycles. The Balaban J connectivity index is 1.12. The lowest BCUT2D eigenvalue weighted by Crippen LogP contribution is -2.62. The van der Waals surface area contributed by atoms with Gasteiger partial charge in [-0.2, -0.15) is 0 Å². The number of hydrogen-bond donors (Lipinski definition) is 2. The molecule has 7 atom stereocenters. The molecule has 1 unspecified atom stereocenters. The molecule has 2 aliphatic heterocycles. The third kappa shape index (κ3) is 7.31. The van der Waals surface area contributed by atoms with Crippen molar-refractivity contribution >= 4 is 12.1 Å². The number of aliphatic hydroxyl groups excluding tert-OH is 1. The third-order valence-corrected chi connectivity index (χ3v) is 8.34. The van der Waals surface area contributed by atoms with Gasteiger partial charge in [-0.05, 0) is 48.6 Å². The van der Waals surface area contributed by atoms with Crippen molar-refractivity contribution in [3.8, 4) is 11.1 Å². The molecule has 0 aromatic heterocycles. The number of nitrogens with one attached hydrogen (secondary N) is 1. The highest BCUT2D eigenvalue weighted by atomic mass is 16.7. The Hall–Kier alpha value is -4.49. The standard InChI is InChI=1S/C35H38N4O9/c1-35(2,3)48-31(41)26(37-34(42)45-17-25-23-15-9-7-13-21(23)22-14-8-10-16-24(22)25)18-43-33-28(38-39-36)29(40)30-27(46-33)19-44-32(47-30)20-11-5-4-6-12-20/h4-16,25-30,32-33,40H,17-19H2,1-3H3,(H,37,42)/t26-,27-,28-,29+,30-,32?,33-/m0/s1. The third-order valence-electron chi connectivity index (χ3n) is 8.34. The lowest BCUT2D eigenvalue weighted by Gasteiger charge is -2.46. The highest BCUT2D eigenvalue weighted by molar-refractivity contribution is 5.82. The van der Waals surface area contributed by atoms with Crippen LogP contribution in [0.4, 0.5) is 4.79 Å². The van der Waals surface area contributed by atoms with Gasteiger partial charge in [-0.15, -0.1) is 0 Å². The first kappa shape index (κ1) is 33.4. The van der Waals surface area contributed by atoms with Gasteiger partial charge in [-0.25, -0.2) is 9.59 Å². The Bertz CT molecular complexity index is 1610. The normalized spacial score (nSPS) is 25.4. The van der Waals surface area contributed by atoms with Crippen LogP contribution in [0.1, 0.15) is 49.7 Å². The number of nitrogens with zero attached hydrogens (tertiary/aromatic N) is 3. The number of aliphatic hydroxyl groups is 1. The number of carbonyl (C=O) groups is 2. The minimum atomic E-state index is -1.33. The van der Waals surface area contributed by atoms with E-state index >= 15 is 0 Å². The molecule has 0 spiro atoms. The maximum atomic E-state index is 13.2. The van der Waals surface area contributed by atoms with E-state index in [2.05, 4.69) is 15.3 Å². The van der Waals surface area contributed by atoms with Crippen molar-refractivity contribution in [2.75, 3.05) is 19.8 Å². The first-order chi connectivity index (χ1) is 23.1. The van der Waals surface area contributed by atoms with Crippen molar-refractivity contribution in [1.82, 2.24) is 5.32 Å². The van der Waals surface area contributed by atoms with E-state index in [0.29, 0.717) is 0 Å². The molecule has 1 aliphatic carbocycles. The summed E-state index contributed by atoms with van der Waals surface area (Å²) in [6, 6.07) is 22.5. The summed E-state index contributed by atoms with van der Waals surface area (Å²) in [4.78, 5) is 29.2. The highest BCUT2D eigenvalue weighted by Gasteiger charge is 2.50. The minimum Gasteiger partial charge on any atom is -0.458 e. The largest absolute Gasteiger partial charge is 0.458 e. The smallest absolute Gasteiger partial charge is 0.407 e. The Kier molecular flexibility index (Phi) is 9.97. The van der Waals surface area contributed by atoms with Crippen LogP contribution in [0, 0.1) is 0 Å². The van der Waals surface area contributed by atoms with Crippen molar-refractivity contribution in [3.63, 3.8) is 0 Å². The second-order valence-electron chi connectivity index (χ2n) is 12.8. The first-order valence-corrected chi connectivity index (χ1v) is 15.8. The number of carbonyl (C=O) groups excluding carboxylic acids is 2. The zero-order chi connectivity index (χ0) is 33.8. The summed E-state index contributed by atoms with van der Waals surface area (Å²) in [6.45, 7) is 4.73. The van der Waals surface area contributed by atoms with Crippen LogP contribution in [0.3, 0.4) is 0 Å². The number of rotatable bonds is 9. The number of amides is 1. The topological polar surface area (TPSA) is 171 Å². The Morgan fingerprint density at radius 3 is 2.29 bits per heavy atom. The number of azide groups is 1. The van der Waals surface area contributed by atoms with E-state index in [0.717, 1.165) is 27.8 Å². The van der Waals surface area contributed by atoms with Gasteiger partial charge in [0.15, 0.2) is 18.6 Å². The molecule has 48 heavy (non-hydrogen) atoms. The molecule has 0 radical (unpaired) electrons. The van der Waals surface area contributed by atoms with Crippen LogP contribution >= 0.6 is 0 Å². The Morgan fingerprint density at radius 2 is 1.65 bits per heavy atom. The van der Waals surface area contributed by atoms with E-state index < -0.39 is 67.2 Å². The van der Waals surface area contributed by atoms with Gasteiger partial charge in [0, 0.05) is 16.4 Å². The predicted molar refractivity (Wildman–Crippen MR) is 171 cm³/mol. The van der Waals surface area contributed by atoms with Crippen molar-refractivity contribution in [2.24, 2.45) is 5.11 Å². The molecule has 13 nitrogen and oxygen atoms in total. The molecule has 252 valence electrons. The summed E-state index contributed by atoms with van der Waals surface area (Å²) in [5.41, 5.74) is 13.4. The minimum absolute atomic E-state index is 0.0334. The second kappa shape index (κ2) is 14.3. The molecule has 3 aromatic rings. The molecular formula is C35H38N4O9. The summed E-state index contributed by atoms with van der Waals surface area (Å²) < 4.78 is 35.0. The molecule has 6 rings (SSSR count). The average molecular weight is 659 g/mol. The monoisotopic (exact) mass is 658 g/mol. The average Bonchev–Trinajstić information content (AvgIpc) is 3.40. The fourth-order valence-corrected chi connectivity index (χ4v) is 6.19. The molecule has 3 aromatic carbocycles. The van der Waals surface area contributed by atoms with Gasteiger partial charge >= 0.3 is 12.1 Å². The van der Waals surface area contributed by atoms with Crippen LogP contribution in [-0.4, -0.2) is 79.3 Å². The predicted octanol–water partition coefficient (Wildman–Crippen LogP) is 5.13. The Morgan fingerprint density at radius 1 is 1.00 bits per heavy atom. The molecule has 1 amide bonds. The van der Waals surface area contributed by atoms with Crippen LogP contribution in [0.2, 0.25) is 0 Å². The van der Waals surface area contributed by atoms with Crippen LogP contribution in [0.5, 0.6) is 0 Å². The van der Waals surface area contributed by atoms with Crippen molar-refractivity contribution in [1.29, 1.82) is 0 Å². The van der Waals surface area contributed by atoms with Gasteiger partial charge < -0.3 is 38.8 Å². The fourth-order valence-electron chi connectivity index (χ4n) is 6.19. The lowest BCUT2D eigenvalue weighted by molar-refractivity contribution is -0.342. The number of alkyl carbamates (subject to hydrolysis) is 1. The van der Waals surface area contributed by atoms with Gasteiger partial charge in [0.2, 0.25) is 0 Å². The number of fused-ring (bicyclic) bond motifs is 4. The van der Waals surface area contributed by atoms with Crippen molar-refractivity contribution in [3.05, 3.63) is 106 Å². The van der Waals surface area contributed by atoms with E-state index in [1.165, 1.54) is 0 Å².